The highest BCUT2D eigenvalue weighted by Gasteiger charge is 2.50. The Morgan fingerprint density at radius 3 is 1.34 bits per heavy atom. The number of carbonyl (C=O) groups excluding carboxylic acids is 13. The molecule has 5 aliphatic rings. The lowest BCUT2D eigenvalue weighted by Gasteiger charge is -2.43. The van der Waals surface area contributed by atoms with E-state index in [1.54, 1.807) is 85.7 Å². The number of aliphatic hydroxyl groups excluding tert-OH is 2. The Balaban J connectivity index is 1.43. The van der Waals surface area contributed by atoms with Gasteiger partial charge in [-0.3, -0.25) is 57.5 Å². The highest BCUT2D eigenvalue weighted by Crippen LogP contribution is 2.31. The molecule has 1 aromatic rings. The second kappa shape index (κ2) is 36.6. The third-order valence-corrected chi connectivity index (χ3v) is 21.8. The molecule has 6 rings (SSSR count). The molecule has 17 atom stereocenters. The normalized spacial score (nSPS) is 30.1. The van der Waals surface area contributed by atoms with Crippen LogP contribution in [0.3, 0.4) is 0 Å². The summed E-state index contributed by atoms with van der Waals surface area (Å²) in [6.07, 6.45) is -0.392. The molecule has 5 N–H and O–H groups in total. The molecule has 5 aliphatic heterocycles. The largest absolute Gasteiger partial charge is 0.450 e. The van der Waals surface area contributed by atoms with Crippen molar-refractivity contribution in [1.82, 2.24) is 60.0 Å². The number of ether oxygens (including phenoxy) is 1. The van der Waals surface area contributed by atoms with Crippen LogP contribution in [0, 0.1) is 29.6 Å². The van der Waals surface area contributed by atoms with Crippen LogP contribution < -0.4 is 16.0 Å². The summed E-state index contributed by atoms with van der Waals surface area (Å²) < 4.78 is 6.33. The molecule has 0 bridgehead atoms. The van der Waals surface area contributed by atoms with E-state index in [1.807, 2.05) is 13.8 Å². The van der Waals surface area contributed by atoms with Gasteiger partial charge in [0.2, 0.25) is 65.0 Å². The van der Waals surface area contributed by atoms with Crippen LogP contribution in [0.4, 0.5) is 0 Å². The van der Waals surface area contributed by atoms with Crippen molar-refractivity contribution in [2.75, 3.05) is 61.4 Å². The van der Waals surface area contributed by atoms with E-state index in [4.69, 9.17) is 4.74 Å². The van der Waals surface area contributed by atoms with Crippen LogP contribution in [0.25, 0.3) is 0 Å². The van der Waals surface area contributed by atoms with Crippen LogP contribution in [-0.4, -0.2) is 283 Å². The first kappa shape index (κ1) is 83.2. The van der Waals surface area contributed by atoms with E-state index < -0.39 is 197 Å². The van der Waals surface area contributed by atoms with Gasteiger partial charge in [0, 0.05) is 67.8 Å². The number of piperidine rings is 2. The molecule has 1 aromatic carbocycles. The van der Waals surface area contributed by atoms with Gasteiger partial charge in [-0.2, -0.15) is 0 Å². The lowest BCUT2D eigenvalue weighted by atomic mass is 9.92. The summed E-state index contributed by atoms with van der Waals surface area (Å²) in [6.45, 7) is 21.9. The maximum absolute atomic E-state index is 15.5. The minimum Gasteiger partial charge on any atom is -0.450 e. The molecular formula is C74H118N12O16. The lowest BCUT2D eigenvalue weighted by Crippen LogP contribution is -2.64. The molecule has 5 heterocycles. The summed E-state index contributed by atoms with van der Waals surface area (Å²) in [5.41, 5.74) is 0.621. The number of hydrogen-bond acceptors (Lipinski definition) is 16. The van der Waals surface area contributed by atoms with E-state index in [9.17, 15) is 39.0 Å². The SMILES string of the molecule is CCC(C)C1C(=O)N2CCCC[C@H]2C(=O)O[C@H](Cc2ccccc2)C(=O)N(C)[C@@H](C(C)C)C(=O)N2CCC[C@H]2C(=O)N[C@@H]([C@@H](C)CC)C(=O)N2CCCC[C@H]2C(=O)N[C@@H](C)C(=O)N2CCC[C@H]2C(=O)N(C)C(C(C)O)C(=O)N[C@@H](C(C)C)C(=O)N(C)C(C(C)O)C(=O)N(C)[C@@H](C(C)C)C(=O)N1C. The quantitative estimate of drug-likeness (QED) is 0.199. The molecule has 12 amide bonds. The summed E-state index contributed by atoms with van der Waals surface area (Å²) in [5, 5.41) is 31.2. The molecule has 570 valence electrons. The Bertz CT molecular complexity index is 3170. The fourth-order valence-electron chi connectivity index (χ4n) is 15.6. The average Bonchev–Trinajstić information content (AvgIpc) is 1.01. The number of benzene rings is 1. The molecule has 0 aliphatic carbocycles. The molecule has 28 nitrogen and oxygen atoms in total. The Morgan fingerprint density at radius 2 is 0.814 bits per heavy atom. The smallest absolute Gasteiger partial charge is 0.329 e. The van der Waals surface area contributed by atoms with Crippen LogP contribution in [0.2, 0.25) is 0 Å². The maximum Gasteiger partial charge on any atom is 0.329 e. The van der Waals surface area contributed by atoms with Crippen LogP contribution in [-0.2, 0) is 73.5 Å². The second-order valence-electron chi connectivity index (χ2n) is 30.2. The summed E-state index contributed by atoms with van der Waals surface area (Å²) in [4.78, 5) is 206. The highest BCUT2D eigenvalue weighted by atomic mass is 16.6. The molecule has 102 heavy (non-hydrogen) atoms. The van der Waals surface area contributed by atoms with Crippen molar-refractivity contribution >= 4 is 76.9 Å². The van der Waals surface area contributed by atoms with Gasteiger partial charge in [-0.05, 0) is 120 Å². The van der Waals surface area contributed by atoms with Gasteiger partial charge in [0.25, 0.3) is 5.91 Å². The van der Waals surface area contributed by atoms with E-state index in [0.29, 0.717) is 56.9 Å². The Labute approximate surface area is 603 Å². The zero-order valence-electron chi connectivity index (χ0n) is 63.6. The number of carbonyl (C=O) groups is 13. The van der Waals surface area contributed by atoms with Crippen LogP contribution >= 0.6 is 0 Å². The highest BCUT2D eigenvalue weighted by molar-refractivity contribution is 6.01. The molecule has 0 spiro atoms. The third-order valence-electron chi connectivity index (χ3n) is 21.8. The average molecular weight is 1430 g/mol. The minimum atomic E-state index is -1.67. The van der Waals surface area contributed by atoms with Crippen molar-refractivity contribution in [3.8, 4) is 0 Å². The number of nitrogens with one attached hydrogen (secondary N) is 3. The molecular weight excluding hydrogens is 1310 g/mol. The Hall–Kier alpha value is -7.75. The molecule has 28 heteroatoms. The first-order chi connectivity index (χ1) is 48.0. The molecule has 6 unspecified atom stereocenters. The van der Waals surface area contributed by atoms with Crippen molar-refractivity contribution in [2.24, 2.45) is 29.6 Å². The maximum atomic E-state index is 15.5. The topological polar surface area (TPSA) is 337 Å². The number of likely N-dealkylation sites (N-methyl/N-ethyl adjacent to an activating group) is 5. The van der Waals surface area contributed by atoms with Gasteiger partial charge >= 0.3 is 5.97 Å². The summed E-state index contributed by atoms with van der Waals surface area (Å²) in [6, 6.07) is -6.56. The zero-order valence-corrected chi connectivity index (χ0v) is 63.6. The number of aliphatic hydroxyl groups is 2. The predicted molar refractivity (Wildman–Crippen MR) is 379 cm³/mol. The number of hydrogen-bond donors (Lipinski definition) is 5. The van der Waals surface area contributed by atoms with E-state index in [-0.39, 0.29) is 58.3 Å². The van der Waals surface area contributed by atoms with Crippen LogP contribution in [0.15, 0.2) is 30.3 Å². The Kier molecular flexibility index (Phi) is 29.9. The predicted octanol–water partition coefficient (Wildman–Crippen LogP) is 2.33. The van der Waals surface area contributed by atoms with E-state index in [2.05, 4.69) is 16.0 Å². The van der Waals surface area contributed by atoms with Gasteiger partial charge in [0.05, 0.1) is 12.2 Å². The first-order valence-electron chi connectivity index (χ1n) is 37.0. The van der Waals surface area contributed by atoms with E-state index >= 15 is 33.6 Å². The van der Waals surface area contributed by atoms with Gasteiger partial charge in [0.15, 0.2) is 6.10 Å². The van der Waals surface area contributed by atoms with Gasteiger partial charge in [-0.1, -0.05) is 112 Å². The number of nitrogens with zero attached hydrogens (tertiary/aromatic N) is 9. The van der Waals surface area contributed by atoms with Crippen LogP contribution in [0.5, 0.6) is 0 Å². The number of esters is 1. The van der Waals surface area contributed by atoms with Gasteiger partial charge in [-0.25, -0.2) is 4.79 Å². The number of fused-ring (bicyclic) bond motifs is 4. The first-order valence-corrected chi connectivity index (χ1v) is 37.0. The number of amides is 12. The number of rotatable bonds is 11. The minimum absolute atomic E-state index is 0.0803. The van der Waals surface area contributed by atoms with Crippen LogP contribution in [0.1, 0.15) is 173 Å². The summed E-state index contributed by atoms with van der Waals surface area (Å²) >= 11 is 0. The van der Waals surface area contributed by atoms with Crippen molar-refractivity contribution < 1.29 is 77.3 Å². The molecule has 5 fully saturated rings. The Morgan fingerprint density at radius 1 is 0.402 bits per heavy atom. The molecule has 5 saturated heterocycles. The second-order valence-corrected chi connectivity index (χ2v) is 30.2. The summed E-state index contributed by atoms with van der Waals surface area (Å²) in [7, 11) is 6.79. The zero-order chi connectivity index (χ0) is 76.2. The van der Waals surface area contributed by atoms with Crippen molar-refractivity contribution in [1.29, 1.82) is 0 Å². The molecule has 0 aromatic heterocycles. The number of cyclic esters (lactones) is 1. The fraction of sp³-hybridized carbons (Fsp3) is 0.743. The molecule has 0 radical (unpaired) electrons. The van der Waals surface area contributed by atoms with Gasteiger partial charge < -0.3 is 75.0 Å². The van der Waals surface area contributed by atoms with Crippen molar-refractivity contribution in [3.05, 3.63) is 35.9 Å². The van der Waals surface area contributed by atoms with Crippen molar-refractivity contribution in [3.63, 3.8) is 0 Å². The standard InChI is InChI=1S/C74H118N12O16/c1-19-44(9)56-69(96)83-36-26-24-32-50(83)62(89)75-46(11)65(92)85-39-29-35-52(85)66(93)81(17)60(47(12)87)64(91)76-55(41(3)4)68(95)82(18)61(48(13)88)71(98)79(15)57(42(5)6)70(97)80(16)59(45(10)20-2)73(100)86-37-27-25-33-53(86)74(101)102-54(40-49-30-22-21-23-31-49)67(94)78(14)58(43(7)8)72(99)84-38-28-34-51(84)63(90)77-56/h21-23,30-31,41-48,50-61,87-88H,19-20,24-29,32-40H2,1-18H3,(H,75,89)(H,76,91)(H,77,90)/t44-,45?,46-,47?,48?,50-,51-,52-,53-,54+,55-,56-,57-,58-,59?,60?,61?/m0/s1. The van der Waals surface area contributed by atoms with E-state index in [1.165, 1.54) is 85.4 Å². The van der Waals surface area contributed by atoms with E-state index in [0.717, 1.165) is 14.7 Å². The molecule has 0 saturated carbocycles. The fourth-order valence-corrected chi connectivity index (χ4v) is 15.6. The van der Waals surface area contributed by atoms with Crippen molar-refractivity contribution in [2.45, 2.75) is 264 Å². The van der Waals surface area contributed by atoms with Gasteiger partial charge in [0.1, 0.15) is 72.5 Å². The van der Waals surface area contributed by atoms with Gasteiger partial charge in [-0.15, -0.1) is 0 Å². The monoisotopic (exact) mass is 1430 g/mol. The lowest BCUT2D eigenvalue weighted by molar-refractivity contribution is -0.171. The summed E-state index contributed by atoms with van der Waals surface area (Å²) in [5.74, 6) is -12.2. The third kappa shape index (κ3) is 18.8.